The summed E-state index contributed by atoms with van der Waals surface area (Å²) in [6.45, 7) is 0. The number of nitrogen functional groups attached to an aromatic ring is 1. The Labute approximate surface area is 106 Å². The number of rotatable bonds is 2. The van der Waals surface area contributed by atoms with Gasteiger partial charge in [-0.3, -0.25) is 0 Å². The van der Waals surface area contributed by atoms with Crippen LogP contribution in [0.1, 0.15) is 5.69 Å². The molecule has 4 N–H and O–H groups in total. The van der Waals surface area contributed by atoms with Crippen molar-refractivity contribution in [3.63, 3.8) is 0 Å². The zero-order valence-corrected chi connectivity index (χ0v) is 9.90. The molecule has 0 amide bonds. The summed E-state index contributed by atoms with van der Waals surface area (Å²) in [7, 11) is 0. The molecule has 0 unspecified atom stereocenters. The lowest BCUT2D eigenvalue weighted by Crippen LogP contribution is -2.15. The zero-order chi connectivity index (χ0) is 12.4. The molecule has 0 spiro atoms. The highest BCUT2D eigenvalue weighted by Gasteiger charge is 2.12. The Morgan fingerprint density at radius 1 is 1.29 bits per heavy atom. The van der Waals surface area contributed by atoms with E-state index in [2.05, 4.69) is 19.9 Å². The molecule has 17 heavy (non-hydrogen) atoms. The van der Waals surface area contributed by atoms with Crippen molar-refractivity contribution in [2.75, 3.05) is 5.73 Å². The Bertz CT molecular complexity index is 581. The minimum absolute atomic E-state index is 0.0490. The van der Waals surface area contributed by atoms with Crippen LogP contribution in [0.15, 0.2) is 27.8 Å². The number of hydrogen-bond acceptors (Lipinski definition) is 5. The largest absolute Gasteiger partial charge is 0.382 e. The molecule has 2 aromatic rings. The highest BCUT2D eigenvalue weighted by atomic mass is 35.5. The Hall–Kier alpha value is -1.79. The van der Waals surface area contributed by atoms with Crippen LogP contribution in [-0.2, 0) is 0 Å². The molecule has 1 aromatic heterocycles. The van der Waals surface area contributed by atoms with Gasteiger partial charge in [-0.15, -0.1) is 0 Å². The van der Waals surface area contributed by atoms with Gasteiger partial charge < -0.3 is 11.5 Å². The van der Waals surface area contributed by atoms with Gasteiger partial charge >= 0.3 is 0 Å². The van der Waals surface area contributed by atoms with Gasteiger partial charge in [-0.1, -0.05) is 29.3 Å². The molecule has 0 radical (unpaired) electrons. The predicted octanol–water partition coefficient (Wildman–Crippen LogP) is 2.00. The highest BCUT2D eigenvalue weighted by Crippen LogP contribution is 2.31. The van der Waals surface area contributed by atoms with E-state index in [9.17, 15) is 0 Å². The molecule has 0 saturated heterocycles. The quantitative estimate of drug-likeness (QED) is 0.642. The smallest absolute Gasteiger partial charge is 0.199 e. The van der Waals surface area contributed by atoms with Gasteiger partial charge in [0.05, 0.1) is 15.7 Å². The molecule has 0 aliphatic rings. The molecule has 1 heterocycles. The molecule has 0 saturated carbocycles. The number of nitrogens with zero attached hydrogens (tertiary/aromatic N) is 3. The molecule has 6 nitrogen and oxygen atoms in total. The van der Waals surface area contributed by atoms with Crippen LogP contribution < -0.4 is 11.5 Å². The van der Waals surface area contributed by atoms with E-state index in [1.807, 2.05) is 0 Å². The monoisotopic (exact) mass is 271 g/mol. The lowest BCUT2D eigenvalue weighted by atomic mass is 10.3. The summed E-state index contributed by atoms with van der Waals surface area (Å²) in [5.74, 6) is 0.109. The molecule has 88 valence electrons. The maximum Gasteiger partial charge on any atom is 0.199 e. The normalized spacial score (nSPS) is 11.8. The molecule has 0 aliphatic carbocycles. The standard InChI is InChI=1S/C9H7Cl2N5O/c10-4-2-1-3-5(6(4)11)14-8(12)7-9(13)16-17-15-7/h1-3H,(H2,12,14)(H2,13,16). The van der Waals surface area contributed by atoms with E-state index in [1.54, 1.807) is 18.2 Å². The Morgan fingerprint density at radius 3 is 2.71 bits per heavy atom. The van der Waals surface area contributed by atoms with E-state index in [0.29, 0.717) is 15.7 Å². The van der Waals surface area contributed by atoms with Crippen molar-refractivity contribution in [2.45, 2.75) is 0 Å². The van der Waals surface area contributed by atoms with E-state index in [4.69, 9.17) is 34.7 Å². The number of aromatic nitrogens is 2. The van der Waals surface area contributed by atoms with Crippen molar-refractivity contribution in [1.82, 2.24) is 10.3 Å². The fourth-order valence-corrected chi connectivity index (χ4v) is 1.47. The molecule has 0 aliphatic heterocycles. The van der Waals surface area contributed by atoms with E-state index in [-0.39, 0.29) is 17.3 Å². The topological polar surface area (TPSA) is 103 Å². The molecular formula is C9H7Cl2N5O. The average Bonchev–Trinajstić information content (AvgIpc) is 2.71. The van der Waals surface area contributed by atoms with Crippen molar-refractivity contribution >= 4 is 40.5 Å². The fraction of sp³-hybridized carbons (Fsp3) is 0. The summed E-state index contributed by atoms with van der Waals surface area (Å²) in [6, 6.07) is 5.00. The Balaban J connectivity index is 2.43. The lowest BCUT2D eigenvalue weighted by molar-refractivity contribution is 0.308. The van der Waals surface area contributed by atoms with Crippen LogP contribution in [0.3, 0.4) is 0 Å². The van der Waals surface area contributed by atoms with Crippen LogP contribution in [0.4, 0.5) is 11.5 Å². The number of halogens is 2. The first-order valence-electron chi connectivity index (χ1n) is 4.46. The van der Waals surface area contributed by atoms with Gasteiger partial charge in [0, 0.05) is 0 Å². The van der Waals surface area contributed by atoms with Crippen LogP contribution >= 0.6 is 23.2 Å². The third-order valence-electron chi connectivity index (χ3n) is 1.93. The number of benzene rings is 1. The van der Waals surface area contributed by atoms with Crippen LogP contribution in [0.5, 0.6) is 0 Å². The zero-order valence-electron chi connectivity index (χ0n) is 8.39. The predicted molar refractivity (Wildman–Crippen MR) is 65.6 cm³/mol. The third-order valence-corrected chi connectivity index (χ3v) is 2.74. The summed E-state index contributed by atoms with van der Waals surface area (Å²) in [6.07, 6.45) is 0. The number of anilines is 1. The van der Waals surface area contributed by atoms with Crippen molar-refractivity contribution in [1.29, 1.82) is 0 Å². The van der Waals surface area contributed by atoms with Gasteiger partial charge in [-0.2, -0.15) is 0 Å². The number of aliphatic imine (C=N–C) groups is 1. The number of hydrogen-bond donors (Lipinski definition) is 2. The molecule has 8 heteroatoms. The fourth-order valence-electron chi connectivity index (χ4n) is 1.13. The second-order valence-corrected chi connectivity index (χ2v) is 3.85. The molecular weight excluding hydrogens is 265 g/mol. The van der Waals surface area contributed by atoms with E-state index in [0.717, 1.165) is 0 Å². The van der Waals surface area contributed by atoms with E-state index < -0.39 is 0 Å². The lowest BCUT2D eigenvalue weighted by Gasteiger charge is -2.01. The van der Waals surface area contributed by atoms with E-state index >= 15 is 0 Å². The molecule has 0 fully saturated rings. The molecule has 2 rings (SSSR count). The van der Waals surface area contributed by atoms with Crippen molar-refractivity contribution in [3.8, 4) is 0 Å². The summed E-state index contributed by atoms with van der Waals surface area (Å²) < 4.78 is 4.41. The first kappa shape index (κ1) is 11.7. The van der Waals surface area contributed by atoms with Gasteiger partial charge in [-0.25, -0.2) is 9.62 Å². The number of amidine groups is 1. The van der Waals surface area contributed by atoms with Gasteiger partial charge in [0.25, 0.3) is 0 Å². The van der Waals surface area contributed by atoms with Gasteiger partial charge in [0.1, 0.15) is 0 Å². The van der Waals surface area contributed by atoms with Crippen LogP contribution in [0, 0.1) is 0 Å². The number of nitrogens with two attached hydrogens (primary N) is 2. The van der Waals surface area contributed by atoms with E-state index in [1.165, 1.54) is 0 Å². The van der Waals surface area contributed by atoms with Crippen molar-refractivity contribution < 1.29 is 4.63 Å². The first-order valence-corrected chi connectivity index (χ1v) is 5.21. The maximum absolute atomic E-state index is 5.95. The first-order chi connectivity index (χ1) is 8.09. The Kier molecular flexibility index (Phi) is 3.16. The second-order valence-electron chi connectivity index (χ2n) is 3.07. The third kappa shape index (κ3) is 2.32. The summed E-state index contributed by atoms with van der Waals surface area (Å²) >= 11 is 11.8. The van der Waals surface area contributed by atoms with Crippen LogP contribution in [0.25, 0.3) is 0 Å². The van der Waals surface area contributed by atoms with Crippen molar-refractivity contribution in [3.05, 3.63) is 33.9 Å². The highest BCUT2D eigenvalue weighted by molar-refractivity contribution is 6.43. The molecule has 0 atom stereocenters. The van der Waals surface area contributed by atoms with Gasteiger partial charge in [0.15, 0.2) is 17.3 Å². The SMILES string of the molecule is NC(=Nc1cccc(Cl)c1Cl)c1nonc1N. The van der Waals surface area contributed by atoms with Crippen LogP contribution in [0.2, 0.25) is 10.0 Å². The second kappa shape index (κ2) is 4.60. The maximum atomic E-state index is 5.95. The summed E-state index contributed by atoms with van der Waals surface area (Å²) in [5.41, 5.74) is 11.8. The minimum atomic E-state index is 0.0490. The van der Waals surface area contributed by atoms with Crippen molar-refractivity contribution in [2.24, 2.45) is 10.7 Å². The minimum Gasteiger partial charge on any atom is -0.382 e. The molecule has 0 bridgehead atoms. The van der Waals surface area contributed by atoms with Gasteiger partial charge in [-0.05, 0) is 22.4 Å². The molecule has 1 aromatic carbocycles. The van der Waals surface area contributed by atoms with Gasteiger partial charge in [0.2, 0.25) is 0 Å². The Morgan fingerprint density at radius 2 is 2.06 bits per heavy atom. The average molecular weight is 272 g/mol. The van der Waals surface area contributed by atoms with Crippen LogP contribution in [-0.4, -0.2) is 16.1 Å². The summed E-state index contributed by atoms with van der Waals surface area (Å²) in [4.78, 5) is 4.06. The summed E-state index contributed by atoms with van der Waals surface area (Å²) in [5, 5.41) is 7.59.